The molecule has 1 aliphatic rings. The van der Waals surface area contributed by atoms with Gasteiger partial charge in [-0.1, -0.05) is 0 Å². The van der Waals surface area contributed by atoms with Crippen molar-refractivity contribution in [1.82, 2.24) is 10.6 Å². The molecule has 0 aromatic heterocycles. The Morgan fingerprint density at radius 3 is 2.47 bits per heavy atom. The number of rotatable bonds is 4. The van der Waals surface area contributed by atoms with Crippen molar-refractivity contribution < 1.29 is 13.2 Å². The standard InChI is InChI=1S/C11H22N2O3S/c1-11(2,3)12-6-4-10(14)13-9-5-7-17(15,16)8-9/h9,12H,4-8H2,1-3H3,(H,13,14). The molecule has 0 aromatic rings. The molecule has 1 aliphatic heterocycles. The van der Waals surface area contributed by atoms with Crippen LogP contribution in [-0.2, 0) is 14.6 Å². The van der Waals surface area contributed by atoms with Crippen LogP contribution in [0.25, 0.3) is 0 Å². The molecule has 5 nitrogen and oxygen atoms in total. The van der Waals surface area contributed by atoms with Gasteiger partial charge in [-0.3, -0.25) is 4.79 Å². The molecule has 0 radical (unpaired) electrons. The third kappa shape index (κ3) is 6.02. The summed E-state index contributed by atoms with van der Waals surface area (Å²) < 4.78 is 22.4. The van der Waals surface area contributed by atoms with E-state index in [-0.39, 0.29) is 29.0 Å². The third-order valence-electron chi connectivity index (χ3n) is 2.60. The Bertz CT molecular complexity index is 371. The molecule has 1 saturated heterocycles. The van der Waals surface area contributed by atoms with Crippen LogP contribution in [0.15, 0.2) is 0 Å². The van der Waals surface area contributed by atoms with E-state index in [4.69, 9.17) is 0 Å². The van der Waals surface area contributed by atoms with Crippen LogP contribution in [0.3, 0.4) is 0 Å². The van der Waals surface area contributed by atoms with Crippen LogP contribution in [0, 0.1) is 0 Å². The molecule has 0 aromatic carbocycles. The molecule has 0 saturated carbocycles. The highest BCUT2D eigenvalue weighted by Crippen LogP contribution is 2.11. The highest BCUT2D eigenvalue weighted by Gasteiger charge is 2.28. The molecule has 6 heteroatoms. The van der Waals surface area contributed by atoms with Crippen molar-refractivity contribution in [3.8, 4) is 0 Å². The lowest BCUT2D eigenvalue weighted by Crippen LogP contribution is -2.40. The molecule has 100 valence electrons. The number of amides is 1. The van der Waals surface area contributed by atoms with Gasteiger partial charge in [-0.2, -0.15) is 0 Å². The van der Waals surface area contributed by atoms with Crippen molar-refractivity contribution in [1.29, 1.82) is 0 Å². The smallest absolute Gasteiger partial charge is 0.221 e. The van der Waals surface area contributed by atoms with Crippen molar-refractivity contribution >= 4 is 15.7 Å². The average Bonchev–Trinajstić information content (AvgIpc) is 2.42. The molecule has 0 aliphatic carbocycles. The van der Waals surface area contributed by atoms with Gasteiger partial charge in [0.15, 0.2) is 9.84 Å². The summed E-state index contributed by atoms with van der Waals surface area (Å²) in [4.78, 5) is 11.5. The number of hydrogen-bond acceptors (Lipinski definition) is 4. The summed E-state index contributed by atoms with van der Waals surface area (Å²) in [6.07, 6.45) is 0.925. The van der Waals surface area contributed by atoms with Crippen LogP contribution in [0.4, 0.5) is 0 Å². The maximum atomic E-state index is 11.5. The summed E-state index contributed by atoms with van der Waals surface area (Å²) in [6.45, 7) is 6.71. The summed E-state index contributed by atoms with van der Waals surface area (Å²) in [5.74, 6) is 0.202. The molecule has 1 atom stereocenters. The Morgan fingerprint density at radius 2 is 2.00 bits per heavy atom. The molecule has 17 heavy (non-hydrogen) atoms. The Hall–Kier alpha value is -0.620. The lowest BCUT2D eigenvalue weighted by molar-refractivity contribution is -0.121. The fraction of sp³-hybridized carbons (Fsp3) is 0.909. The molecule has 1 fully saturated rings. The van der Waals surface area contributed by atoms with Crippen LogP contribution < -0.4 is 10.6 Å². The number of carbonyl (C=O) groups excluding carboxylic acids is 1. The van der Waals surface area contributed by atoms with Gasteiger partial charge in [0.05, 0.1) is 11.5 Å². The van der Waals surface area contributed by atoms with Crippen molar-refractivity contribution in [3.63, 3.8) is 0 Å². The van der Waals surface area contributed by atoms with E-state index < -0.39 is 9.84 Å². The molecule has 1 unspecified atom stereocenters. The zero-order valence-electron chi connectivity index (χ0n) is 10.7. The maximum absolute atomic E-state index is 11.5. The van der Waals surface area contributed by atoms with E-state index in [1.807, 2.05) is 20.8 Å². The van der Waals surface area contributed by atoms with Gasteiger partial charge in [0.25, 0.3) is 0 Å². The lowest BCUT2D eigenvalue weighted by Gasteiger charge is -2.20. The second-order valence-corrected chi connectivity index (χ2v) is 7.82. The minimum atomic E-state index is -2.92. The van der Waals surface area contributed by atoms with E-state index in [2.05, 4.69) is 10.6 Å². The number of nitrogens with one attached hydrogen (secondary N) is 2. The van der Waals surface area contributed by atoms with E-state index in [0.29, 0.717) is 19.4 Å². The first-order valence-electron chi connectivity index (χ1n) is 5.93. The van der Waals surface area contributed by atoms with E-state index >= 15 is 0 Å². The number of hydrogen-bond donors (Lipinski definition) is 2. The van der Waals surface area contributed by atoms with Gasteiger partial charge in [0.1, 0.15) is 0 Å². The van der Waals surface area contributed by atoms with E-state index in [1.165, 1.54) is 0 Å². The number of sulfone groups is 1. The lowest BCUT2D eigenvalue weighted by atomic mass is 10.1. The first-order chi connectivity index (χ1) is 7.68. The summed E-state index contributed by atoms with van der Waals surface area (Å²) in [5, 5.41) is 5.98. The molecular formula is C11H22N2O3S. The first-order valence-corrected chi connectivity index (χ1v) is 7.75. The summed E-state index contributed by atoms with van der Waals surface area (Å²) in [7, 11) is -2.92. The summed E-state index contributed by atoms with van der Waals surface area (Å²) in [5.41, 5.74) is -0.00300. The van der Waals surface area contributed by atoms with Gasteiger partial charge < -0.3 is 10.6 Å². The predicted octanol–water partition coefficient (Wildman–Crippen LogP) is 0.0679. The van der Waals surface area contributed by atoms with Gasteiger partial charge in [0.2, 0.25) is 5.91 Å². The van der Waals surface area contributed by atoms with Gasteiger partial charge in [-0.05, 0) is 27.2 Å². The predicted molar refractivity (Wildman–Crippen MR) is 67.6 cm³/mol. The van der Waals surface area contributed by atoms with Crippen molar-refractivity contribution in [2.45, 2.75) is 45.2 Å². The van der Waals surface area contributed by atoms with E-state index in [0.717, 1.165) is 0 Å². The highest BCUT2D eigenvalue weighted by atomic mass is 32.2. The fourth-order valence-electron chi connectivity index (χ4n) is 1.76. The van der Waals surface area contributed by atoms with Gasteiger partial charge >= 0.3 is 0 Å². The molecule has 1 heterocycles. The highest BCUT2D eigenvalue weighted by molar-refractivity contribution is 7.91. The summed E-state index contributed by atoms with van der Waals surface area (Å²) >= 11 is 0. The Balaban J connectivity index is 2.22. The van der Waals surface area contributed by atoms with Gasteiger partial charge in [-0.15, -0.1) is 0 Å². The van der Waals surface area contributed by atoms with Crippen LogP contribution >= 0.6 is 0 Å². The second kappa shape index (κ2) is 5.35. The van der Waals surface area contributed by atoms with Crippen molar-refractivity contribution in [2.24, 2.45) is 0 Å². The minimum absolute atomic E-state index is 0.00300. The normalized spacial score (nSPS) is 23.6. The van der Waals surface area contributed by atoms with E-state index in [1.54, 1.807) is 0 Å². The summed E-state index contributed by atoms with van der Waals surface area (Å²) in [6, 6.07) is -0.192. The van der Waals surface area contributed by atoms with Gasteiger partial charge in [0, 0.05) is 24.5 Å². The Morgan fingerprint density at radius 1 is 1.35 bits per heavy atom. The molecule has 2 N–H and O–H groups in total. The van der Waals surface area contributed by atoms with Gasteiger partial charge in [-0.25, -0.2) is 8.42 Å². The van der Waals surface area contributed by atoms with Crippen molar-refractivity contribution in [3.05, 3.63) is 0 Å². The fourth-order valence-corrected chi connectivity index (χ4v) is 3.43. The average molecular weight is 262 g/mol. The zero-order valence-corrected chi connectivity index (χ0v) is 11.6. The monoisotopic (exact) mass is 262 g/mol. The molecule has 1 amide bonds. The topological polar surface area (TPSA) is 75.3 Å². The largest absolute Gasteiger partial charge is 0.352 e. The van der Waals surface area contributed by atoms with Crippen LogP contribution in [-0.4, -0.2) is 44.0 Å². The Labute approximate surface area is 103 Å². The van der Waals surface area contributed by atoms with Crippen LogP contribution in [0.1, 0.15) is 33.6 Å². The first kappa shape index (κ1) is 14.4. The maximum Gasteiger partial charge on any atom is 0.221 e. The van der Waals surface area contributed by atoms with Crippen LogP contribution in [0.5, 0.6) is 0 Å². The molecule has 1 rings (SSSR count). The molecular weight excluding hydrogens is 240 g/mol. The van der Waals surface area contributed by atoms with Crippen LogP contribution in [0.2, 0.25) is 0 Å². The number of carbonyl (C=O) groups is 1. The second-order valence-electron chi connectivity index (χ2n) is 5.59. The zero-order chi connectivity index (χ0) is 13.1. The van der Waals surface area contributed by atoms with E-state index in [9.17, 15) is 13.2 Å². The molecule has 0 bridgehead atoms. The third-order valence-corrected chi connectivity index (χ3v) is 4.37. The molecule has 0 spiro atoms. The SMILES string of the molecule is CC(C)(C)NCCC(=O)NC1CCS(=O)(=O)C1. The minimum Gasteiger partial charge on any atom is -0.352 e. The quantitative estimate of drug-likeness (QED) is 0.752. The van der Waals surface area contributed by atoms with Crippen molar-refractivity contribution in [2.75, 3.05) is 18.1 Å². The Kier molecular flexibility index (Phi) is 4.55.